The van der Waals surface area contributed by atoms with Gasteiger partial charge in [-0.1, -0.05) is 28.1 Å². The third-order valence-electron chi connectivity index (χ3n) is 3.26. The maximum absolute atomic E-state index is 12.1. The molecule has 1 N–H and O–H groups in total. The fourth-order valence-electron chi connectivity index (χ4n) is 2.06. The molecule has 2 aromatic rings. The van der Waals surface area contributed by atoms with Gasteiger partial charge in [0.05, 0.1) is 6.10 Å². The second-order valence-electron chi connectivity index (χ2n) is 5.74. The summed E-state index contributed by atoms with van der Waals surface area (Å²) in [7, 11) is 0. The lowest BCUT2D eigenvalue weighted by atomic mass is 10.2. The van der Waals surface area contributed by atoms with Gasteiger partial charge in [-0.3, -0.25) is 4.79 Å². The van der Waals surface area contributed by atoms with Crippen LogP contribution in [0.3, 0.4) is 0 Å². The number of hydrogen-bond acceptors (Lipinski definition) is 3. The van der Waals surface area contributed by atoms with Crippen molar-refractivity contribution in [2.45, 2.75) is 39.5 Å². The minimum Gasteiger partial charge on any atom is -0.491 e. The first kappa shape index (κ1) is 18.3. The van der Waals surface area contributed by atoms with Crippen LogP contribution in [0.15, 0.2) is 53.0 Å². The lowest BCUT2D eigenvalue weighted by Gasteiger charge is -2.15. The second kappa shape index (κ2) is 8.73. The first-order valence-electron chi connectivity index (χ1n) is 7.89. The van der Waals surface area contributed by atoms with Crippen LogP contribution in [-0.2, 0) is 11.3 Å². The summed E-state index contributed by atoms with van der Waals surface area (Å²) in [5, 5.41) is 2.88. The van der Waals surface area contributed by atoms with E-state index >= 15 is 0 Å². The highest BCUT2D eigenvalue weighted by molar-refractivity contribution is 9.10. The van der Waals surface area contributed by atoms with Crippen molar-refractivity contribution in [3.8, 4) is 11.5 Å². The summed E-state index contributed by atoms with van der Waals surface area (Å²) in [6.45, 7) is 6.16. The van der Waals surface area contributed by atoms with Gasteiger partial charge in [0, 0.05) is 11.0 Å². The van der Waals surface area contributed by atoms with Crippen molar-refractivity contribution in [3.63, 3.8) is 0 Å². The molecule has 4 nitrogen and oxygen atoms in total. The van der Waals surface area contributed by atoms with Gasteiger partial charge in [-0.25, -0.2) is 0 Å². The van der Waals surface area contributed by atoms with Gasteiger partial charge in [-0.2, -0.15) is 0 Å². The molecule has 1 atom stereocenters. The van der Waals surface area contributed by atoms with E-state index in [4.69, 9.17) is 9.47 Å². The minimum atomic E-state index is -0.560. The van der Waals surface area contributed by atoms with Crippen molar-refractivity contribution in [2.24, 2.45) is 0 Å². The topological polar surface area (TPSA) is 47.6 Å². The average molecular weight is 392 g/mol. The van der Waals surface area contributed by atoms with Crippen molar-refractivity contribution in [2.75, 3.05) is 0 Å². The molecule has 0 aromatic heterocycles. The Balaban J connectivity index is 1.82. The molecule has 2 rings (SSSR count). The Labute approximate surface area is 151 Å². The van der Waals surface area contributed by atoms with Gasteiger partial charge in [0.2, 0.25) is 0 Å². The molecule has 0 radical (unpaired) electrons. The standard InChI is InChI=1S/C19H22BrNO3/c1-13(2)23-17-8-4-15(5-9-17)12-21-19(22)14(3)24-18-10-6-16(20)7-11-18/h4-11,13-14H,12H2,1-3H3,(H,21,22). The Bertz CT molecular complexity index is 653. The first-order valence-corrected chi connectivity index (χ1v) is 8.69. The minimum absolute atomic E-state index is 0.146. The van der Waals surface area contributed by atoms with Crippen LogP contribution in [0.1, 0.15) is 26.3 Å². The van der Waals surface area contributed by atoms with E-state index < -0.39 is 6.10 Å². The van der Waals surface area contributed by atoms with E-state index in [0.29, 0.717) is 12.3 Å². The molecule has 0 fully saturated rings. The van der Waals surface area contributed by atoms with Crippen LogP contribution in [0.2, 0.25) is 0 Å². The molecule has 128 valence electrons. The lowest BCUT2D eigenvalue weighted by molar-refractivity contribution is -0.127. The van der Waals surface area contributed by atoms with E-state index in [1.54, 1.807) is 6.92 Å². The molecule has 1 unspecified atom stereocenters. The van der Waals surface area contributed by atoms with Gasteiger partial charge in [0.15, 0.2) is 6.10 Å². The van der Waals surface area contributed by atoms with Gasteiger partial charge < -0.3 is 14.8 Å². The number of amides is 1. The Kier molecular flexibility index (Phi) is 6.67. The Morgan fingerprint density at radius 2 is 1.50 bits per heavy atom. The molecule has 0 aliphatic carbocycles. The molecule has 5 heteroatoms. The smallest absolute Gasteiger partial charge is 0.261 e. The Morgan fingerprint density at radius 1 is 0.958 bits per heavy atom. The molecule has 0 spiro atoms. The summed E-state index contributed by atoms with van der Waals surface area (Å²) in [5.41, 5.74) is 1.01. The van der Waals surface area contributed by atoms with E-state index in [9.17, 15) is 4.79 Å². The van der Waals surface area contributed by atoms with Crippen LogP contribution < -0.4 is 14.8 Å². The third kappa shape index (κ3) is 5.89. The van der Waals surface area contributed by atoms with Crippen LogP contribution in [0.4, 0.5) is 0 Å². The molecule has 1 amide bonds. The highest BCUT2D eigenvalue weighted by Crippen LogP contribution is 2.17. The molecule has 24 heavy (non-hydrogen) atoms. The number of hydrogen-bond donors (Lipinski definition) is 1. The fraction of sp³-hybridized carbons (Fsp3) is 0.316. The number of carbonyl (C=O) groups is 1. The molecule has 0 heterocycles. The molecule has 2 aromatic carbocycles. The predicted octanol–water partition coefficient (Wildman–Crippen LogP) is 4.32. The van der Waals surface area contributed by atoms with Crippen LogP contribution in [-0.4, -0.2) is 18.1 Å². The van der Waals surface area contributed by atoms with Crippen LogP contribution in [0, 0.1) is 0 Å². The highest BCUT2D eigenvalue weighted by Gasteiger charge is 2.14. The van der Waals surface area contributed by atoms with Gasteiger partial charge in [0.1, 0.15) is 11.5 Å². The zero-order valence-corrected chi connectivity index (χ0v) is 15.7. The fourth-order valence-corrected chi connectivity index (χ4v) is 2.33. The molecular weight excluding hydrogens is 370 g/mol. The Hall–Kier alpha value is -2.01. The van der Waals surface area contributed by atoms with Gasteiger partial charge >= 0.3 is 0 Å². The number of nitrogens with one attached hydrogen (secondary N) is 1. The van der Waals surface area contributed by atoms with E-state index in [2.05, 4.69) is 21.2 Å². The van der Waals surface area contributed by atoms with E-state index in [0.717, 1.165) is 15.8 Å². The monoisotopic (exact) mass is 391 g/mol. The summed E-state index contributed by atoms with van der Waals surface area (Å²) < 4.78 is 12.2. The zero-order chi connectivity index (χ0) is 17.5. The van der Waals surface area contributed by atoms with Gasteiger partial charge in [0.25, 0.3) is 5.91 Å². The van der Waals surface area contributed by atoms with Gasteiger partial charge in [-0.15, -0.1) is 0 Å². The largest absolute Gasteiger partial charge is 0.491 e. The van der Waals surface area contributed by atoms with Gasteiger partial charge in [-0.05, 0) is 62.7 Å². The molecule has 0 aliphatic heterocycles. The van der Waals surface area contributed by atoms with Crippen LogP contribution in [0.5, 0.6) is 11.5 Å². The summed E-state index contributed by atoms with van der Waals surface area (Å²) in [6, 6.07) is 15.1. The molecule has 0 aliphatic rings. The molecular formula is C19H22BrNO3. The summed E-state index contributed by atoms with van der Waals surface area (Å²) in [5.74, 6) is 1.34. The Morgan fingerprint density at radius 3 is 2.08 bits per heavy atom. The van der Waals surface area contributed by atoms with E-state index in [1.165, 1.54) is 0 Å². The number of ether oxygens (including phenoxy) is 2. The summed E-state index contributed by atoms with van der Waals surface area (Å²) in [4.78, 5) is 12.1. The van der Waals surface area contributed by atoms with Crippen molar-refractivity contribution < 1.29 is 14.3 Å². The van der Waals surface area contributed by atoms with E-state index in [-0.39, 0.29) is 12.0 Å². The summed E-state index contributed by atoms with van der Waals surface area (Å²) in [6.07, 6.45) is -0.415. The molecule has 0 saturated heterocycles. The summed E-state index contributed by atoms with van der Waals surface area (Å²) >= 11 is 3.37. The second-order valence-corrected chi connectivity index (χ2v) is 6.66. The number of benzene rings is 2. The van der Waals surface area contributed by atoms with Crippen LogP contribution >= 0.6 is 15.9 Å². The molecule has 0 saturated carbocycles. The third-order valence-corrected chi connectivity index (χ3v) is 3.79. The van der Waals surface area contributed by atoms with Crippen molar-refractivity contribution in [1.29, 1.82) is 0 Å². The number of carbonyl (C=O) groups excluding carboxylic acids is 1. The maximum Gasteiger partial charge on any atom is 0.261 e. The zero-order valence-electron chi connectivity index (χ0n) is 14.1. The highest BCUT2D eigenvalue weighted by atomic mass is 79.9. The van der Waals surface area contributed by atoms with E-state index in [1.807, 2.05) is 62.4 Å². The molecule has 0 bridgehead atoms. The normalized spacial score (nSPS) is 11.9. The van der Waals surface area contributed by atoms with Crippen LogP contribution in [0.25, 0.3) is 0 Å². The predicted molar refractivity (Wildman–Crippen MR) is 98.3 cm³/mol. The van der Waals surface area contributed by atoms with Crippen molar-refractivity contribution in [3.05, 3.63) is 58.6 Å². The quantitative estimate of drug-likeness (QED) is 0.764. The number of rotatable bonds is 7. The maximum atomic E-state index is 12.1. The number of halogens is 1. The lowest BCUT2D eigenvalue weighted by Crippen LogP contribution is -2.35. The SMILES string of the molecule is CC(C)Oc1ccc(CNC(=O)C(C)Oc2ccc(Br)cc2)cc1. The van der Waals surface area contributed by atoms with Crippen molar-refractivity contribution >= 4 is 21.8 Å². The average Bonchev–Trinajstić information content (AvgIpc) is 2.55. The van der Waals surface area contributed by atoms with Crippen molar-refractivity contribution in [1.82, 2.24) is 5.32 Å². The first-order chi connectivity index (χ1) is 11.4.